The van der Waals surface area contributed by atoms with Gasteiger partial charge < -0.3 is 19.2 Å². The van der Waals surface area contributed by atoms with Crippen LogP contribution in [0.15, 0.2) is 53.1 Å². The number of nitrogens with zero attached hydrogens (tertiary/aromatic N) is 2. The van der Waals surface area contributed by atoms with Crippen LogP contribution in [-0.2, 0) is 6.54 Å². The van der Waals surface area contributed by atoms with E-state index in [-0.39, 0.29) is 5.91 Å². The maximum absolute atomic E-state index is 13.1. The quantitative estimate of drug-likeness (QED) is 0.681. The molecular weight excluding hydrogens is 350 g/mol. The molecule has 0 atom stereocenters. The molecule has 3 heterocycles. The van der Waals surface area contributed by atoms with Crippen LogP contribution in [0.5, 0.6) is 0 Å². The fraction of sp³-hybridized carbons (Fsp3) is 0.348. The molecule has 1 aliphatic heterocycles. The Morgan fingerprint density at radius 3 is 2.61 bits per heavy atom. The highest BCUT2D eigenvalue weighted by atomic mass is 16.3. The molecule has 1 aromatic carbocycles. The molecule has 0 unspecified atom stereocenters. The van der Waals surface area contributed by atoms with E-state index in [1.807, 2.05) is 50.2 Å². The van der Waals surface area contributed by atoms with Crippen LogP contribution in [0, 0.1) is 13.8 Å². The minimum Gasteiger partial charge on any atom is -0.467 e. The monoisotopic (exact) mass is 377 g/mol. The molecule has 0 aliphatic carbocycles. The van der Waals surface area contributed by atoms with Crippen molar-refractivity contribution < 1.29 is 9.21 Å². The van der Waals surface area contributed by atoms with Crippen LogP contribution in [-0.4, -0.2) is 23.6 Å². The van der Waals surface area contributed by atoms with Gasteiger partial charge in [-0.3, -0.25) is 4.79 Å². The Kier molecular flexibility index (Phi) is 5.24. The molecule has 1 fully saturated rings. The number of piperidine rings is 1. The summed E-state index contributed by atoms with van der Waals surface area (Å²) in [4.78, 5) is 15.4. The predicted molar refractivity (Wildman–Crippen MR) is 112 cm³/mol. The van der Waals surface area contributed by atoms with Crippen molar-refractivity contribution in [1.29, 1.82) is 0 Å². The summed E-state index contributed by atoms with van der Waals surface area (Å²) in [5.74, 6) is 0.812. The van der Waals surface area contributed by atoms with E-state index in [4.69, 9.17) is 4.42 Å². The molecule has 1 amide bonds. The molecule has 5 nitrogen and oxygen atoms in total. The van der Waals surface area contributed by atoms with Gasteiger partial charge in [0.25, 0.3) is 5.91 Å². The third-order valence-electron chi connectivity index (χ3n) is 5.56. The highest BCUT2D eigenvalue weighted by Gasteiger charge is 2.19. The second-order valence-corrected chi connectivity index (χ2v) is 7.47. The first-order chi connectivity index (χ1) is 13.6. The molecule has 3 aromatic rings. The van der Waals surface area contributed by atoms with Gasteiger partial charge in [0.05, 0.1) is 29.7 Å². The average molecular weight is 377 g/mol. The van der Waals surface area contributed by atoms with E-state index in [0.29, 0.717) is 12.1 Å². The number of rotatable bonds is 5. The highest BCUT2D eigenvalue weighted by molar-refractivity contribution is 6.06. The van der Waals surface area contributed by atoms with Crippen molar-refractivity contribution >= 4 is 17.3 Å². The SMILES string of the molecule is Cc1cc(C(=O)Nc2ccccc2N2CCCCC2)c(C)n1Cc1ccco1. The molecule has 0 saturated carbocycles. The summed E-state index contributed by atoms with van der Waals surface area (Å²) in [5, 5.41) is 3.15. The lowest BCUT2D eigenvalue weighted by molar-refractivity contribution is 0.102. The minimum absolute atomic E-state index is 0.0664. The Balaban J connectivity index is 1.56. The Labute approximate surface area is 166 Å². The van der Waals surface area contributed by atoms with Gasteiger partial charge in [0, 0.05) is 24.5 Å². The van der Waals surface area contributed by atoms with E-state index in [1.165, 1.54) is 19.3 Å². The van der Waals surface area contributed by atoms with Crippen LogP contribution in [0.4, 0.5) is 11.4 Å². The zero-order valence-corrected chi connectivity index (χ0v) is 16.6. The van der Waals surface area contributed by atoms with E-state index in [2.05, 4.69) is 20.9 Å². The molecule has 28 heavy (non-hydrogen) atoms. The van der Waals surface area contributed by atoms with E-state index in [0.717, 1.165) is 41.6 Å². The number of anilines is 2. The number of aryl methyl sites for hydroxylation is 1. The molecule has 0 bridgehead atoms. The molecule has 146 valence electrons. The first-order valence-corrected chi connectivity index (χ1v) is 9.98. The summed E-state index contributed by atoms with van der Waals surface area (Å²) >= 11 is 0. The number of benzene rings is 1. The summed E-state index contributed by atoms with van der Waals surface area (Å²) in [5.41, 5.74) is 4.69. The summed E-state index contributed by atoms with van der Waals surface area (Å²) in [6.45, 7) is 6.73. The molecule has 4 rings (SSSR count). The van der Waals surface area contributed by atoms with Gasteiger partial charge in [0.1, 0.15) is 5.76 Å². The van der Waals surface area contributed by atoms with Crippen molar-refractivity contribution in [1.82, 2.24) is 4.57 Å². The van der Waals surface area contributed by atoms with Crippen molar-refractivity contribution in [3.05, 3.63) is 71.4 Å². The van der Waals surface area contributed by atoms with Crippen LogP contribution < -0.4 is 10.2 Å². The van der Waals surface area contributed by atoms with Gasteiger partial charge in [-0.15, -0.1) is 0 Å². The molecule has 1 N–H and O–H groups in total. The summed E-state index contributed by atoms with van der Waals surface area (Å²) < 4.78 is 7.58. The molecule has 2 aromatic heterocycles. The Morgan fingerprint density at radius 2 is 1.86 bits per heavy atom. The van der Waals surface area contributed by atoms with Crippen molar-refractivity contribution in [3.8, 4) is 0 Å². The lowest BCUT2D eigenvalue weighted by Crippen LogP contribution is -2.30. The highest BCUT2D eigenvalue weighted by Crippen LogP contribution is 2.29. The van der Waals surface area contributed by atoms with Crippen LogP contribution in [0.2, 0.25) is 0 Å². The van der Waals surface area contributed by atoms with Crippen molar-refractivity contribution in [2.75, 3.05) is 23.3 Å². The molecule has 0 radical (unpaired) electrons. The van der Waals surface area contributed by atoms with Crippen LogP contribution in [0.3, 0.4) is 0 Å². The number of para-hydroxylation sites is 2. The van der Waals surface area contributed by atoms with Gasteiger partial charge in [-0.1, -0.05) is 12.1 Å². The van der Waals surface area contributed by atoms with Crippen molar-refractivity contribution in [3.63, 3.8) is 0 Å². The Hall–Kier alpha value is -2.95. The van der Waals surface area contributed by atoms with Crippen molar-refractivity contribution in [2.45, 2.75) is 39.7 Å². The van der Waals surface area contributed by atoms with Crippen LogP contribution in [0.25, 0.3) is 0 Å². The molecule has 1 aliphatic rings. The largest absolute Gasteiger partial charge is 0.467 e. The normalized spacial score (nSPS) is 14.3. The lowest BCUT2D eigenvalue weighted by atomic mass is 10.1. The minimum atomic E-state index is -0.0664. The molecular formula is C23H27N3O2. The number of furan rings is 1. The molecule has 1 saturated heterocycles. The van der Waals surface area contributed by atoms with Gasteiger partial charge in [-0.05, 0) is 63.4 Å². The Morgan fingerprint density at radius 1 is 1.07 bits per heavy atom. The standard InChI is InChI=1S/C23H27N3O2/c1-17-15-20(18(2)26(17)16-19-9-8-14-28-19)23(27)24-21-10-4-5-11-22(21)25-12-6-3-7-13-25/h4-5,8-11,14-15H,3,6-7,12-13,16H2,1-2H3,(H,24,27). The zero-order valence-electron chi connectivity index (χ0n) is 16.6. The topological polar surface area (TPSA) is 50.4 Å². The second-order valence-electron chi connectivity index (χ2n) is 7.47. The molecule has 0 spiro atoms. The maximum Gasteiger partial charge on any atom is 0.257 e. The van der Waals surface area contributed by atoms with Gasteiger partial charge >= 0.3 is 0 Å². The van der Waals surface area contributed by atoms with E-state index >= 15 is 0 Å². The number of hydrogen-bond acceptors (Lipinski definition) is 3. The Bertz CT molecular complexity index is 950. The third-order valence-corrected chi connectivity index (χ3v) is 5.56. The maximum atomic E-state index is 13.1. The number of carbonyl (C=O) groups is 1. The van der Waals surface area contributed by atoms with Gasteiger partial charge in [-0.2, -0.15) is 0 Å². The van der Waals surface area contributed by atoms with Crippen LogP contribution >= 0.6 is 0 Å². The summed E-state index contributed by atoms with van der Waals surface area (Å²) in [6, 6.07) is 13.9. The lowest BCUT2D eigenvalue weighted by Gasteiger charge is -2.30. The summed E-state index contributed by atoms with van der Waals surface area (Å²) in [7, 11) is 0. The number of hydrogen-bond donors (Lipinski definition) is 1. The summed E-state index contributed by atoms with van der Waals surface area (Å²) in [6.07, 6.45) is 5.37. The fourth-order valence-electron chi connectivity index (χ4n) is 4.01. The van der Waals surface area contributed by atoms with E-state index < -0.39 is 0 Å². The fourth-order valence-corrected chi connectivity index (χ4v) is 4.01. The van der Waals surface area contributed by atoms with Crippen molar-refractivity contribution in [2.24, 2.45) is 0 Å². The zero-order chi connectivity index (χ0) is 19.5. The van der Waals surface area contributed by atoms with E-state index in [9.17, 15) is 4.79 Å². The average Bonchev–Trinajstić information content (AvgIpc) is 3.33. The van der Waals surface area contributed by atoms with Gasteiger partial charge in [-0.25, -0.2) is 0 Å². The number of aromatic nitrogens is 1. The van der Waals surface area contributed by atoms with Gasteiger partial charge in [0.15, 0.2) is 0 Å². The van der Waals surface area contributed by atoms with Gasteiger partial charge in [0.2, 0.25) is 0 Å². The number of amides is 1. The first-order valence-electron chi connectivity index (χ1n) is 9.98. The second kappa shape index (κ2) is 7.97. The third kappa shape index (κ3) is 3.70. The number of nitrogens with one attached hydrogen (secondary N) is 1. The smallest absolute Gasteiger partial charge is 0.257 e. The molecule has 5 heteroatoms. The van der Waals surface area contributed by atoms with Crippen LogP contribution in [0.1, 0.15) is 46.8 Å². The number of carbonyl (C=O) groups excluding carboxylic acids is 1. The predicted octanol–water partition coefficient (Wildman–Crippen LogP) is 4.99. The van der Waals surface area contributed by atoms with E-state index in [1.54, 1.807) is 6.26 Å². The first kappa shape index (κ1) is 18.4.